The predicted molar refractivity (Wildman–Crippen MR) is 112 cm³/mol. The van der Waals surface area contributed by atoms with Crippen molar-refractivity contribution in [1.29, 1.82) is 0 Å². The van der Waals surface area contributed by atoms with Crippen LogP contribution in [0.4, 0.5) is 4.79 Å². The van der Waals surface area contributed by atoms with Gasteiger partial charge in [0.2, 0.25) is 5.91 Å². The summed E-state index contributed by atoms with van der Waals surface area (Å²) >= 11 is 0. The van der Waals surface area contributed by atoms with E-state index >= 15 is 0 Å². The highest BCUT2D eigenvalue weighted by Gasteiger charge is 2.39. The second-order valence-corrected chi connectivity index (χ2v) is 11.9. The maximum atomic E-state index is 12.0. The first-order valence-corrected chi connectivity index (χ1v) is 13.1. The molecule has 1 aliphatic rings. The lowest BCUT2D eigenvalue weighted by Gasteiger charge is -2.25. The summed E-state index contributed by atoms with van der Waals surface area (Å²) in [7, 11) is 2.33. The minimum atomic E-state index is -0.912. The van der Waals surface area contributed by atoms with Crippen LogP contribution in [0.1, 0.15) is 52.9 Å². The third-order valence-electron chi connectivity index (χ3n) is 4.25. The minimum absolute atomic E-state index is 0.126. The van der Waals surface area contributed by atoms with Gasteiger partial charge in [-0.25, -0.2) is 4.79 Å². The molecule has 0 heterocycles. The van der Waals surface area contributed by atoms with Crippen LogP contribution >= 0.6 is 21.6 Å². The summed E-state index contributed by atoms with van der Waals surface area (Å²) in [5.74, 6) is 1.69. The van der Waals surface area contributed by atoms with Gasteiger partial charge in [-0.05, 0) is 40.0 Å². The Hall–Kier alpha value is -0.410. The molecule has 0 aromatic carbocycles. The maximum absolute atomic E-state index is 12.0. The van der Waals surface area contributed by atoms with Crippen molar-refractivity contribution in [3.63, 3.8) is 0 Å². The standard InChI is InChI=1S/C17H32N2O4S3/c1-16(2,3)23-15(21)19-13(7-10-26(4)22)11-24-25-12-17(14(18)20)8-5-6-9-17/h13H,5-12H2,1-4H3,(H2,18,20)(H,19,21). The number of alkyl carbamates (subject to hydrolysis) is 1. The molecule has 0 radical (unpaired) electrons. The van der Waals surface area contributed by atoms with Gasteiger partial charge in [0.05, 0.1) is 5.41 Å². The van der Waals surface area contributed by atoms with E-state index in [0.717, 1.165) is 25.7 Å². The molecular formula is C17H32N2O4S3. The number of hydrogen-bond acceptors (Lipinski definition) is 6. The molecule has 0 spiro atoms. The van der Waals surface area contributed by atoms with E-state index in [1.165, 1.54) is 0 Å². The Kier molecular flexibility index (Phi) is 9.82. The van der Waals surface area contributed by atoms with Gasteiger partial charge in [-0.3, -0.25) is 9.00 Å². The maximum Gasteiger partial charge on any atom is 0.407 e. The fourth-order valence-corrected chi connectivity index (χ4v) is 6.35. The van der Waals surface area contributed by atoms with E-state index < -0.39 is 22.5 Å². The number of rotatable bonds is 10. The van der Waals surface area contributed by atoms with Crippen LogP contribution in [-0.4, -0.2) is 51.4 Å². The average Bonchev–Trinajstić information content (AvgIpc) is 2.97. The average molecular weight is 425 g/mol. The largest absolute Gasteiger partial charge is 0.444 e. The van der Waals surface area contributed by atoms with E-state index in [4.69, 9.17) is 10.5 Å². The number of amides is 2. The minimum Gasteiger partial charge on any atom is -0.444 e. The van der Waals surface area contributed by atoms with Gasteiger partial charge in [-0.2, -0.15) is 0 Å². The summed E-state index contributed by atoms with van der Waals surface area (Å²) < 4.78 is 16.7. The van der Waals surface area contributed by atoms with E-state index in [1.54, 1.807) is 27.8 Å². The number of primary amides is 1. The second kappa shape index (κ2) is 10.8. The zero-order valence-electron chi connectivity index (χ0n) is 16.2. The normalized spacial score (nSPS) is 18.9. The molecule has 2 amide bonds. The summed E-state index contributed by atoms with van der Waals surface area (Å²) in [6.07, 6.45) is 5.66. The molecule has 9 heteroatoms. The molecule has 1 saturated carbocycles. The number of ether oxygens (including phenoxy) is 1. The van der Waals surface area contributed by atoms with Crippen LogP contribution in [0.25, 0.3) is 0 Å². The van der Waals surface area contributed by atoms with Crippen LogP contribution in [0.5, 0.6) is 0 Å². The van der Waals surface area contributed by atoms with Crippen molar-refractivity contribution >= 4 is 44.4 Å². The Balaban J connectivity index is 2.47. The fourth-order valence-electron chi connectivity index (χ4n) is 2.78. The highest BCUT2D eigenvalue weighted by Crippen LogP contribution is 2.43. The Bertz CT molecular complexity index is 503. The predicted octanol–water partition coefficient (Wildman–Crippen LogP) is 3.08. The molecule has 1 rings (SSSR count). The van der Waals surface area contributed by atoms with Gasteiger partial charge in [0, 0.05) is 40.4 Å². The summed E-state index contributed by atoms with van der Waals surface area (Å²) in [6, 6.07) is -0.126. The number of hydrogen-bond donors (Lipinski definition) is 2. The van der Waals surface area contributed by atoms with Gasteiger partial charge < -0.3 is 15.8 Å². The molecule has 2 atom stereocenters. The first-order chi connectivity index (χ1) is 12.0. The first kappa shape index (κ1) is 23.6. The molecule has 2 unspecified atom stereocenters. The zero-order valence-corrected chi connectivity index (χ0v) is 18.6. The number of carbonyl (C=O) groups is 2. The molecule has 6 nitrogen and oxygen atoms in total. The van der Waals surface area contributed by atoms with Crippen molar-refractivity contribution in [3.8, 4) is 0 Å². The molecule has 0 bridgehead atoms. The zero-order chi connectivity index (χ0) is 19.8. The molecular weight excluding hydrogens is 392 g/mol. The first-order valence-electron chi connectivity index (χ1n) is 8.88. The summed E-state index contributed by atoms with van der Waals surface area (Å²) in [5, 5.41) is 2.87. The molecule has 0 aromatic rings. The van der Waals surface area contributed by atoms with Crippen LogP contribution < -0.4 is 11.1 Å². The SMILES string of the molecule is CS(=O)CCC(CSSCC1(C(N)=O)CCCC1)NC(=O)OC(C)(C)C. The van der Waals surface area contributed by atoms with Crippen molar-refractivity contribution in [3.05, 3.63) is 0 Å². The monoisotopic (exact) mass is 424 g/mol. The lowest BCUT2D eigenvalue weighted by atomic mass is 9.88. The highest BCUT2D eigenvalue weighted by molar-refractivity contribution is 8.76. The Labute approximate surface area is 167 Å². The van der Waals surface area contributed by atoms with Crippen LogP contribution in [-0.2, 0) is 20.3 Å². The van der Waals surface area contributed by atoms with Crippen molar-refractivity contribution < 1.29 is 18.5 Å². The van der Waals surface area contributed by atoms with Gasteiger partial charge >= 0.3 is 6.09 Å². The van der Waals surface area contributed by atoms with Crippen LogP contribution in [0.2, 0.25) is 0 Å². The summed E-state index contributed by atoms with van der Waals surface area (Å²) in [6.45, 7) is 5.45. The lowest BCUT2D eigenvalue weighted by Crippen LogP contribution is -2.41. The fraction of sp³-hybridized carbons (Fsp3) is 0.882. The number of nitrogens with two attached hydrogens (primary N) is 1. The third-order valence-corrected chi connectivity index (χ3v) is 7.69. The van der Waals surface area contributed by atoms with Gasteiger partial charge in [-0.1, -0.05) is 34.4 Å². The highest BCUT2D eigenvalue weighted by atomic mass is 33.1. The Morgan fingerprint density at radius 2 is 1.88 bits per heavy atom. The lowest BCUT2D eigenvalue weighted by molar-refractivity contribution is -0.126. The van der Waals surface area contributed by atoms with E-state index in [2.05, 4.69) is 5.32 Å². The summed E-state index contributed by atoms with van der Waals surface area (Å²) in [4.78, 5) is 23.8. The summed E-state index contributed by atoms with van der Waals surface area (Å²) in [5.41, 5.74) is 4.68. The van der Waals surface area contributed by atoms with Gasteiger partial charge in [0.15, 0.2) is 0 Å². The molecule has 0 aliphatic heterocycles. The molecule has 1 fully saturated rings. The molecule has 1 aliphatic carbocycles. The molecule has 0 aromatic heterocycles. The van der Waals surface area contributed by atoms with E-state index in [0.29, 0.717) is 23.7 Å². The Morgan fingerprint density at radius 1 is 1.27 bits per heavy atom. The van der Waals surface area contributed by atoms with Crippen molar-refractivity contribution in [2.45, 2.75) is 64.5 Å². The Morgan fingerprint density at radius 3 is 2.38 bits per heavy atom. The number of nitrogens with one attached hydrogen (secondary N) is 1. The smallest absolute Gasteiger partial charge is 0.407 e. The molecule has 0 saturated heterocycles. The number of carbonyl (C=O) groups excluding carboxylic acids is 2. The van der Waals surface area contributed by atoms with Gasteiger partial charge in [-0.15, -0.1) is 0 Å². The third kappa shape index (κ3) is 8.99. The second-order valence-electron chi connectivity index (χ2n) is 7.81. The van der Waals surface area contributed by atoms with Gasteiger partial charge in [0.25, 0.3) is 0 Å². The van der Waals surface area contributed by atoms with E-state index in [1.807, 2.05) is 20.8 Å². The quantitative estimate of drug-likeness (QED) is 0.413. The van der Waals surface area contributed by atoms with Crippen molar-refractivity contribution in [2.75, 3.05) is 23.5 Å². The molecule has 152 valence electrons. The topological polar surface area (TPSA) is 98.5 Å². The van der Waals surface area contributed by atoms with E-state index in [9.17, 15) is 13.8 Å². The van der Waals surface area contributed by atoms with Crippen LogP contribution in [0.15, 0.2) is 0 Å². The molecule has 3 N–H and O–H groups in total. The van der Waals surface area contributed by atoms with E-state index in [-0.39, 0.29) is 17.4 Å². The van der Waals surface area contributed by atoms with Crippen molar-refractivity contribution in [2.24, 2.45) is 11.1 Å². The van der Waals surface area contributed by atoms with Crippen molar-refractivity contribution in [1.82, 2.24) is 5.32 Å². The van der Waals surface area contributed by atoms with Crippen LogP contribution in [0, 0.1) is 5.41 Å². The van der Waals surface area contributed by atoms with Gasteiger partial charge in [0.1, 0.15) is 5.60 Å². The molecule has 26 heavy (non-hydrogen) atoms. The van der Waals surface area contributed by atoms with Crippen LogP contribution in [0.3, 0.4) is 0 Å².